The number of anilines is 2. The molecule has 172 valence electrons. The summed E-state index contributed by atoms with van der Waals surface area (Å²) in [5.41, 5.74) is -0.660. The van der Waals surface area contributed by atoms with Crippen molar-refractivity contribution in [2.75, 3.05) is 10.6 Å². The van der Waals surface area contributed by atoms with Crippen LogP contribution >= 0.6 is 11.6 Å². The number of carbonyl (C=O) groups is 3. The lowest BCUT2D eigenvalue weighted by atomic mass is 9.79. The first-order valence-electron chi connectivity index (χ1n) is 10.4. The van der Waals surface area contributed by atoms with Gasteiger partial charge in [-0.25, -0.2) is 0 Å². The summed E-state index contributed by atoms with van der Waals surface area (Å²) < 4.78 is 44.3. The van der Waals surface area contributed by atoms with Gasteiger partial charge in [0.15, 0.2) is 0 Å². The summed E-state index contributed by atoms with van der Waals surface area (Å²) in [5, 5.41) is 5.11. The summed E-state index contributed by atoms with van der Waals surface area (Å²) in [5.74, 6) is -2.03. The monoisotopic (exact) mass is 478 g/mol. The largest absolute Gasteiger partial charge is 0.462 e. The van der Waals surface area contributed by atoms with Crippen molar-refractivity contribution in [3.63, 3.8) is 0 Å². The second kappa shape index (κ2) is 7.76. The zero-order valence-electron chi connectivity index (χ0n) is 17.0. The van der Waals surface area contributed by atoms with E-state index in [-0.39, 0.29) is 46.1 Å². The van der Waals surface area contributed by atoms with Gasteiger partial charge in [-0.3, -0.25) is 14.4 Å². The van der Waals surface area contributed by atoms with Crippen LogP contribution in [-0.2, 0) is 20.5 Å². The average molecular weight is 479 g/mol. The van der Waals surface area contributed by atoms with Crippen LogP contribution in [0.2, 0.25) is 5.02 Å². The molecule has 3 fully saturated rings. The number of nitrogens with one attached hydrogen (secondary N) is 2. The summed E-state index contributed by atoms with van der Waals surface area (Å²) in [6.45, 7) is 0. The van der Waals surface area contributed by atoms with Crippen LogP contribution in [0.4, 0.5) is 24.5 Å². The van der Waals surface area contributed by atoms with Crippen LogP contribution in [0.25, 0.3) is 0 Å². The quantitative estimate of drug-likeness (QED) is 0.621. The number of esters is 1. The lowest BCUT2D eigenvalue weighted by Gasteiger charge is -2.23. The molecule has 1 aliphatic heterocycles. The van der Waals surface area contributed by atoms with Gasteiger partial charge < -0.3 is 15.4 Å². The van der Waals surface area contributed by atoms with Gasteiger partial charge in [0.1, 0.15) is 6.10 Å². The van der Waals surface area contributed by atoms with Crippen molar-refractivity contribution in [3.05, 3.63) is 58.6 Å². The SMILES string of the molecule is O=C(Nc1cc(C(F)(F)F)ccc1Cl)c1cccc(NC(=O)[C@H]2[C@@H]3C[C@@H]4[C@@H]2C(=O)O[C@@H]4C3)c1. The van der Waals surface area contributed by atoms with Gasteiger partial charge >= 0.3 is 12.1 Å². The number of benzene rings is 2. The minimum Gasteiger partial charge on any atom is -0.462 e. The van der Waals surface area contributed by atoms with Crippen LogP contribution < -0.4 is 10.6 Å². The highest BCUT2D eigenvalue weighted by molar-refractivity contribution is 6.34. The Bertz CT molecular complexity index is 1170. The van der Waals surface area contributed by atoms with E-state index in [4.69, 9.17) is 16.3 Å². The normalized spacial score (nSPS) is 27.4. The maximum atomic E-state index is 13.0. The van der Waals surface area contributed by atoms with Crippen molar-refractivity contribution in [1.82, 2.24) is 0 Å². The molecule has 2 aliphatic carbocycles. The molecule has 3 aliphatic rings. The highest BCUT2D eigenvalue weighted by Crippen LogP contribution is 2.57. The van der Waals surface area contributed by atoms with Crippen molar-refractivity contribution < 1.29 is 32.3 Å². The molecule has 1 heterocycles. The number of halogens is 4. The van der Waals surface area contributed by atoms with Crippen molar-refractivity contribution in [2.45, 2.75) is 25.1 Å². The third-order valence-electron chi connectivity index (χ3n) is 6.72. The van der Waals surface area contributed by atoms with Crippen LogP contribution in [0.3, 0.4) is 0 Å². The first-order chi connectivity index (χ1) is 15.6. The molecule has 2 aromatic carbocycles. The summed E-state index contributed by atoms with van der Waals surface area (Å²) in [4.78, 5) is 37.7. The van der Waals surface area contributed by atoms with Crippen LogP contribution in [0.15, 0.2) is 42.5 Å². The van der Waals surface area contributed by atoms with Crippen molar-refractivity contribution >= 4 is 40.8 Å². The standard InChI is InChI=1S/C23H18ClF3N2O4/c24-15-5-4-12(23(25,26)27)9-16(15)29-20(30)10-2-1-3-13(6-10)28-21(31)18-11-7-14-17(8-11)33-22(32)19(14)18/h1-6,9,11,14,17-19H,7-8H2,(H,28,31)(H,29,30)/t11-,14+,17-,18+,19+/m1/s1. The van der Waals surface area contributed by atoms with E-state index in [9.17, 15) is 27.6 Å². The molecule has 10 heteroatoms. The zero-order valence-corrected chi connectivity index (χ0v) is 17.7. The van der Waals surface area contributed by atoms with Gasteiger partial charge in [0.25, 0.3) is 5.91 Å². The molecule has 2 amide bonds. The fraction of sp³-hybridized carbons (Fsp3) is 0.348. The van der Waals surface area contributed by atoms with Gasteiger partial charge in [0, 0.05) is 17.2 Å². The number of rotatable bonds is 4. The van der Waals surface area contributed by atoms with E-state index in [2.05, 4.69) is 10.6 Å². The Labute approximate surface area is 191 Å². The van der Waals surface area contributed by atoms with Crippen molar-refractivity contribution in [1.29, 1.82) is 0 Å². The summed E-state index contributed by atoms with van der Waals surface area (Å²) in [6.07, 6.45) is -3.18. The first kappa shape index (κ1) is 21.8. The smallest absolute Gasteiger partial charge is 0.416 e. The molecule has 33 heavy (non-hydrogen) atoms. The van der Waals surface area contributed by atoms with Gasteiger partial charge in [0.05, 0.1) is 28.1 Å². The first-order valence-corrected chi connectivity index (χ1v) is 10.8. The maximum absolute atomic E-state index is 13.0. The van der Waals surface area contributed by atoms with E-state index in [1.165, 1.54) is 12.1 Å². The number of hydrogen-bond donors (Lipinski definition) is 2. The second-order valence-corrected chi connectivity index (χ2v) is 9.05. The fourth-order valence-corrected chi connectivity index (χ4v) is 5.48. The molecule has 2 saturated carbocycles. The minimum atomic E-state index is -4.58. The van der Waals surface area contributed by atoms with Gasteiger partial charge in [-0.15, -0.1) is 0 Å². The number of alkyl halides is 3. The van der Waals surface area contributed by atoms with E-state index in [1.807, 2.05) is 0 Å². The van der Waals surface area contributed by atoms with E-state index >= 15 is 0 Å². The lowest BCUT2D eigenvalue weighted by molar-refractivity contribution is -0.145. The Morgan fingerprint density at radius 2 is 1.85 bits per heavy atom. The maximum Gasteiger partial charge on any atom is 0.416 e. The Hall–Kier alpha value is -3.07. The number of hydrogen-bond acceptors (Lipinski definition) is 4. The molecule has 2 aromatic rings. The van der Waals surface area contributed by atoms with Crippen LogP contribution in [0.1, 0.15) is 28.8 Å². The van der Waals surface area contributed by atoms with Gasteiger partial charge in [0.2, 0.25) is 5.91 Å². The summed E-state index contributed by atoms with van der Waals surface area (Å²) in [6, 6.07) is 8.65. The summed E-state index contributed by atoms with van der Waals surface area (Å²) >= 11 is 5.95. The topological polar surface area (TPSA) is 84.5 Å². The van der Waals surface area contributed by atoms with Gasteiger partial charge in [-0.2, -0.15) is 13.2 Å². The van der Waals surface area contributed by atoms with E-state index < -0.39 is 29.5 Å². The lowest BCUT2D eigenvalue weighted by Crippen LogP contribution is -2.35. The van der Waals surface area contributed by atoms with Crippen LogP contribution in [0.5, 0.6) is 0 Å². The number of amides is 2. The number of carbonyl (C=O) groups excluding carboxylic acids is 3. The Balaban J connectivity index is 1.30. The van der Waals surface area contributed by atoms with Gasteiger partial charge in [-0.1, -0.05) is 17.7 Å². The van der Waals surface area contributed by atoms with Crippen molar-refractivity contribution in [3.8, 4) is 0 Å². The molecule has 0 aromatic heterocycles. The number of fused-ring (bicyclic) bond motifs is 1. The Morgan fingerprint density at radius 1 is 1.06 bits per heavy atom. The molecule has 2 bridgehead atoms. The molecular formula is C23H18ClF3N2O4. The van der Waals surface area contributed by atoms with E-state index in [1.54, 1.807) is 12.1 Å². The molecule has 0 radical (unpaired) electrons. The van der Waals surface area contributed by atoms with E-state index in [0.29, 0.717) is 12.1 Å². The summed E-state index contributed by atoms with van der Waals surface area (Å²) in [7, 11) is 0. The Kier molecular flexibility index (Phi) is 5.12. The molecule has 1 saturated heterocycles. The molecule has 0 spiro atoms. The third-order valence-corrected chi connectivity index (χ3v) is 7.05. The number of ether oxygens (including phenoxy) is 1. The zero-order chi connectivity index (χ0) is 23.5. The highest BCUT2D eigenvalue weighted by Gasteiger charge is 2.63. The molecular weight excluding hydrogens is 461 g/mol. The highest BCUT2D eigenvalue weighted by atomic mass is 35.5. The fourth-order valence-electron chi connectivity index (χ4n) is 5.32. The van der Waals surface area contributed by atoms with E-state index in [0.717, 1.165) is 24.6 Å². The van der Waals surface area contributed by atoms with Gasteiger partial charge in [-0.05, 0) is 55.2 Å². The predicted octanol–water partition coefficient (Wildman–Crippen LogP) is 4.75. The molecule has 2 N–H and O–H groups in total. The van der Waals surface area contributed by atoms with Crippen molar-refractivity contribution in [2.24, 2.45) is 23.7 Å². The average Bonchev–Trinajstić information content (AvgIpc) is 3.37. The molecule has 0 unspecified atom stereocenters. The predicted molar refractivity (Wildman–Crippen MR) is 113 cm³/mol. The second-order valence-electron chi connectivity index (χ2n) is 8.64. The molecule has 5 atom stereocenters. The van der Waals surface area contributed by atoms with Crippen LogP contribution in [0, 0.1) is 23.7 Å². The molecule has 5 rings (SSSR count). The molecule has 6 nitrogen and oxygen atoms in total. The third kappa shape index (κ3) is 3.84. The Morgan fingerprint density at radius 3 is 2.61 bits per heavy atom. The van der Waals surface area contributed by atoms with Crippen LogP contribution in [-0.4, -0.2) is 23.9 Å². The minimum absolute atomic E-state index is 0.0427.